The van der Waals surface area contributed by atoms with Crippen molar-refractivity contribution in [2.24, 2.45) is 0 Å². The Balaban J connectivity index is 0.000000326. The molecule has 0 aliphatic carbocycles. The first-order valence-electron chi connectivity index (χ1n) is 20.6. The number of likely N-dealkylation sites (N-methyl/N-ethyl adjacent to an activating group) is 10. The van der Waals surface area contributed by atoms with Gasteiger partial charge >= 0.3 is 0 Å². The molecule has 0 amide bonds. The van der Waals surface area contributed by atoms with Crippen LogP contribution in [-0.2, 0) is 4.74 Å². The standard InChI is InChI=1S/3C8H19N3.C8H18N2O.C6H14N2/c2*1-9-4-5-10-8-3-6-11(2)7-8;1-9-3-4-11-7-5-10(2)6-8-11;1-9-4-6-11-8-3-5-10(2)7-8;1-7-3-5-8(2)6-4-7/h2*8-10H,3-7H2,1-2H3;9H,3-8H2,1-2H3;8-9H,3-7H2,1-2H3;3-6H2,1-2H3/t8-;;;8-;/m1..1./s1. The lowest BCUT2D eigenvalue weighted by molar-refractivity contribution is 0.0637. The lowest BCUT2D eigenvalue weighted by atomic mass is 10.2. The summed E-state index contributed by atoms with van der Waals surface area (Å²) in [6.07, 6.45) is 4.29. The molecule has 312 valence electrons. The average Bonchev–Trinajstić information content (AvgIpc) is 3.88. The molecule has 0 aromatic heterocycles. The van der Waals surface area contributed by atoms with Crippen molar-refractivity contribution in [3.8, 4) is 0 Å². The van der Waals surface area contributed by atoms with E-state index in [1.165, 1.54) is 111 Å². The minimum Gasteiger partial charge on any atom is -0.376 e. The summed E-state index contributed by atoms with van der Waals surface area (Å²) in [7, 11) is 21.0. The molecule has 0 aromatic rings. The van der Waals surface area contributed by atoms with Crippen LogP contribution in [0.4, 0.5) is 0 Å². The predicted molar refractivity (Wildman–Crippen MR) is 224 cm³/mol. The van der Waals surface area contributed by atoms with E-state index in [1.54, 1.807) is 0 Å². The molecule has 0 spiro atoms. The van der Waals surface area contributed by atoms with Crippen molar-refractivity contribution in [3.63, 3.8) is 0 Å². The zero-order valence-electron chi connectivity index (χ0n) is 35.9. The van der Waals surface area contributed by atoms with E-state index in [9.17, 15) is 0 Å². The molecule has 5 saturated heterocycles. The van der Waals surface area contributed by atoms with Gasteiger partial charge in [0.2, 0.25) is 0 Å². The number of nitrogens with zero attached hydrogens (tertiary/aromatic N) is 7. The number of hydrogen-bond donors (Lipinski definition) is 6. The van der Waals surface area contributed by atoms with Crippen molar-refractivity contribution in [1.29, 1.82) is 0 Å². The molecule has 3 atom stereocenters. The molecule has 5 fully saturated rings. The van der Waals surface area contributed by atoms with E-state index in [0.717, 1.165) is 64.5 Å². The fraction of sp³-hybridized carbons (Fsp3) is 1.00. The van der Waals surface area contributed by atoms with Gasteiger partial charge in [-0.2, -0.15) is 0 Å². The Bertz CT molecular complexity index is 697. The third kappa shape index (κ3) is 27.1. The van der Waals surface area contributed by atoms with E-state index in [1.807, 2.05) is 28.2 Å². The van der Waals surface area contributed by atoms with Crippen molar-refractivity contribution in [3.05, 3.63) is 0 Å². The summed E-state index contributed by atoms with van der Waals surface area (Å²) >= 11 is 0. The summed E-state index contributed by atoms with van der Waals surface area (Å²) in [5.74, 6) is 0. The molecule has 5 rings (SSSR count). The van der Waals surface area contributed by atoms with Crippen LogP contribution in [0.15, 0.2) is 0 Å². The molecule has 5 aliphatic heterocycles. The van der Waals surface area contributed by atoms with Crippen molar-refractivity contribution >= 4 is 0 Å². The predicted octanol–water partition coefficient (Wildman–Crippen LogP) is -1.76. The highest BCUT2D eigenvalue weighted by atomic mass is 16.5. The van der Waals surface area contributed by atoms with Gasteiger partial charge in [0, 0.05) is 136 Å². The van der Waals surface area contributed by atoms with Crippen LogP contribution >= 0.6 is 0 Å². The fourth-order valence-electron chi connectivity index (χ4n) is 6.61. The van der Waals surface area contributed by atoms with Gasteiger partial charge in [-0.1, -0.05) is 0 Å². The van der Waals surface area contributed by atoms with Crippen molar-refractivity contribution in [2.45, 2.75) is 37.5 Å². The molecule has 6 N–H and O–H groups in total. The smallest absolute Gasteiger partial charge is 0.0714 e. The van der Waals surface area contributed by atoms with Crippen molar-refractivity contribution in [2.75, 3.05) is 215 Å². The Morgan fingerprint density at radius 1 is 0.423 bits per heavy atom. The van der Waals surface area contributed by atoms with Gasteiger partial charge in [-0.25, -0.2) is 0 Å². The SMILES string of the molecule is CN1CCN(C)CC1.CNCCN1CCN(C)CC1.CNCCNC1CCN(C)C1.CNCCN[C@@H]1CCN(C)C1.CNCCO[C@@H]1CCN(C)C1. The van der Waals surface area contributed by atoms with Crippen LogP contribution in [-0.4, -0.2) is 267 Å². The molecular formula is C38H89N13O. The minimum atomic E-state index is 0.480. The number of likely N-dealkylation sites (tertiary alicyclic amines) is 3. The number of piperazine rings is 2. The van der Waals surface area contributed by atoms with E-state index in [-0.39, 0.29) is 0 Å². The average molecular weight is 744 g/mol. The molecule has 14 nitrogen and oxygen atoms in total. The summed E-state index contributed by atoms with van der Waals surface area (Å²) < 4.78 is 5.61. The molecule has 5 heterocycles. The number of rotatable bonds is 15. The second-order valence-electron chi connectivity index (χ2n) is 15.6. The molecule has 52 heavy (non-hydrogen) atoms. The van der Waals surface area contributed by atoms with E-state index < -0.39 is 0 Å². The largest absolute Gasteiger partial charge is 0.376 e. The van der Waals surface area contributed by atoms with Crippen LogP contribution in [0.3, 0.4) is 0 Å². The zero-order valence-corrected chi connectivity index (χ0v) is 35.9. The van der Waals surface area contributed by atoms with Crippen LogP contribution in [0.1, 0.15) is 19.3 Å². The van der Waals surface area contributed by atoms with Gasteiger partial charge in [0.05, 0.1) is 12.7 Å². The zero-order chi connectivity index (χ0) is 38.4. The summed E-state index contributed by atoms with van der Waals surface area (Å²) in [6, 6.07) is 1.46. The third-order valence-electron chi connectivity index (χ3n) is 10.5. The van der Waals surface area contributed by atoms with Gasteiger partial charge in [-0.05, 0) is 103 Å². The second kappa shape index (κ2) is 32.7. The highest BCUT2D eigenvalue weighted by molar-refractivity contribution is 4.79. The molecular weight excluding hydrogens is 655 g/mol. The Morgan fingerprint density at radius 2 is 0.827 bits per heavy atom. The van der Waals surface area contributed by atoms with Gasteiger partial charge in [-0.3, -0.25) is 4.90 Å². The quantitative estimate of drug-likeness (QED) is 0.107. The maximum atomic E-state index is 5.61. The van der Waals surface area contributed by atoms with Gasteiger partial charge in [0.25, 0.3) is 0 Å². The molecule has 5 aliphatic rings. The second-order valence-corrected chi connectivity index (χ2v) is 15.6. The highest BCUT2D eigenvalue weighted by Gasteiger charge is 2.20. The van der Waals surface area contributed by atoms with Crippen LogP contribution < -0.4 is 31.9 Å². The third-order valence-corrected chi connectivity index (χ3v) is 10.5. The van der Waals surface area contributed by atoms with E-state index >= 15 is 0 Å². The maximum absolute atomic E-state index is 5.61. The van der Waals surface area contributed by atoms with E-state index in [0.29, 0.717) is 6.10 Å². The molecule has 1 unspecified atom stereocenters. The highest BCUT2D eigenvalue weighted by Crippen LogP contribution is 2.09. The Labute approximate surface area is 322 Å². The number of nitrogens with one attached hydrogen (secondary N) is 6. The lowest BCUT2D eigenvalue weighted by Gasteiger charge is -2.32. The molecule has 0 aromatic carbocycles. The fourth-order valence-corrected chi connectivity index (χ4v) is 6.61. The van der Waals surface area contributed by atoms with Gasteiger partial charge in [-0.15, -0.1) is 0 Å². The van der Waals surface area contributed by atoms with E-state index in [2.05, 4.69) is 108 Å². The van der Waals surface area contributed by atoms with Gasteiger partial charge in [0.15, 0.2) is 0 Å². The topological polar surface area (TPSA) is 104 Å². The van der Waals surface area contributed by atoms with Gasteiger partial charge in [0.1, 0.15) is 0 Å². The van der Waals surface area contributed by atoms with Crippen LogP contribution in [0.2, 0.25) is 0 Å². The first-order valence-corrected chi connectivity index (χ1v) is 20.6. The molecule has 0 bridgehead atoms. The monoisotopic (exact) mass is 744 g/mol. The Kier molecular flexibility index (Phi) is 31.1. The van der Waals surface area contributed by atoms with Crippen LogP contribution in [0.5, 0.6) is 0 Å². The first kappa shape index (κ1) is 49.5. The van der Waals surface area contributed by atoms with Gasteiger partial charge < -0.3 is 66.0 Å². The van der Waals surface area contributed by atoms with Crippen LogP contribution in [0.25, 0.3) is 0 Å². The number of ether oxygens (including phenoxy) is 1. The molecule has 0 radical (unpaired) electrons. The van der Waals surface area contributed by atoms with Crippen LogP contribution in [0, 0.1) is 0 Å². The Hall–Kier alpha value is -0.560. The molecule has 14 heteroatoms. The van der Waals surface area contributed by atoms with E-state index in [4.69, 9.17) is 4.74 Å². The first-order chi connectivity index (χ1) is 25.1. The molecule has 0 saturated carbocycles. The minimum absolute atomic E-state index is 0.480. The summed E-state index contributed by atoms with van der Waals surface area (Å²) in [4.78, 5) is 16.7. The Morgan fingerprint density at radius 3 is 1.19 bits per heavy atom. The van der Waals surface area contributed by atoms with Crippen molar-refractivity contribution < 1.29 is 4.74 Å². The maximum Gasteiger partial charge on any atom is 0.0714 e. The number of hydrogen-bond acceptors (Lipinski definition) is 14. The summed E-state index contributed by atoms with van der Waals surface area (Å²) in [6.45, 7) is 25.5. The summed E-state index contributed by atoms with van der Waals surface area (Å²) in [5.41, 5.74) is 0. The summed E-state index contributed by atoms with van der Waals surface area (Å²) in [5, 5.41) is 19.5. The van der Waals surface area contributed by atoms with Crippen molar-refractivity contribution in [1.82, 2.24) is 66.2 Å². The normalized spacial score (nSPS) is 25.4. The lowest BCUT2D eigenvalue weighted by Crippen LogP contribution is -2.46.